The van der Waals surface area contributed by atoms with Gasteiger partial charge in [0, 0.05) is 23.5 Å². The van der Waals surface area contributed by atoms with Gasteiger partial charge in [-0.15, -0.1) is 0 Å². The molecule has 39 heavy (non-hydrogen) atoms. The van der Waals surface area contributed by atoms with Crippen LogP contribution in [0.4, 0.5) is 0 Å². The lowest BCUT2D eigenvalue weighted by Crippen LogP contribution is -2.15. The molecule has 1 aliphatic rings. The predicted octanol–water partition coefficient (Wildman–Crippen LogP) is 6.44. The van der Waals surface area contributed by atoms with Gasteiger partial charge in [-0.3, -0.25) is 0 Å². The van der Waals surface area contributed by atoms with Crippen molar-refractivity contribution in [1.82, 2.24) is 29.9 Å². The van der Waals surface area contributed by atoms with Crippen molar-refractivity contribution in [3.05, 3.63) is 107 Å². The summed E-state index contributed by atoms with van der Waals surface area (Å²) in [4.78, 5) is 35.6. The molecule has 3 aromatic carbocycles. The highest BCUT2D eigenvalue weighted by molar-refractivity contribution is 5.85. The van der Waals surface area contributed by atoms with E-state index in [1.165, 1.54) is 43.1 Å². The summed E-state index contributed by atoms with van der Waals surface area (Å²) >= 11 is 0. The summed E-state index contributed by atoms with van der Waals surface area (Å²) in [6.45, 7) is 0. The number of nitrogens with zero attached hydrogens (tertiary/aromatic N) is 4. The molecule has 1 fully saturated rings. The van der Waals surface area contributed by atoms with Crippen molar-refractivity contribution in [2.45, 2.75) is 38.0 Å². The Morgan fingerprint density at radius 3 is 2.10 bits per heavy atom. The fourth-order valence-corrected chi connectivity index (χ4v) is 5.96. The Hall–Kier alpha value is -4.65. The molecule has 0 radical (unpaired) electrons. The first-order valence-corrected chi connectivity index (χ1v) is 13.5. The minimum Gasteiger partial charge on any atom is -0.306 e. The molecule has 0 unspecified atom stereocenters. The highest BCUT2D eigenvalue weighted by Crippen LogP contribution is 2.38. The van der Waals surface area contributed by atoms with Gasteiger partial charge in [-0.05, 0) is 79.3 Å². The molecule has 1 aliphatic carbocycles. The molecule has 1 saturated carbocycles. The number of H-pyrrole nitrogens is 2. The number of nitrogens with one attached hydrogen (secondary N) is 2. The molecule has 3 heterocycles. The van der Waals surface area contributed by atoms with E-state index < -0.39 is 0 Å². The van der Waals surface area contributed by atoms with E-state index in [-0.39, 0.29) is 5.69 Å². The van der Waals surface area contributed by atoms with E-state index >= 15 is 0 Å². The van der Waals surface area contributed by atoms with E-state index in [0.29, 0.717) is 11.8 Å². The summed E-state index contributed by atoms with van der Waals surface area (Å²) in [5, 5.41) is 0. The monoisotopic (exact) mass is 512 g/mol. The van der Waals surface area contributed by atoms with Gasteiger partial charge in [0.1, 0.15) is 12.0 Å². The number of imidazole rings is 1. The van der Waals surface area contributed by atoms with Crippen LogP contribution in [0.3, 0.4) is 0 Å². The van der Waals surface area contributed by atoms with Gasteiger partial charge < -0.3 is 9.97 Å². The zero-order valence-electron chi connectivity index (χ0n) is 21.5. The van der Waals surface area contributed by atoms with Gasteiger partial charge in [-0.2, -0.15) is 0 Å². The molecule has 0 atom stereocenters. The number of aromatic nitrogens is 6. The van der Waals surface area contributed by atoms with Gasteiger partial charge in [-0.1, -0.05) is 42.5 Å². The van der Waals surface area contributed by atoms with Crippen molar-refractivity contribution >= 4 is 22.1 Å². The molecule has 0 bridgehead atoms. The van der Waals surface area contributed by atoms with Crippen molar-refractivity contribution in [3.63, 3.8) is 0 Å². The molecule has 7 nitrogen and oxygen atoms in total. The molecular formula is C32H28N6O. The van der Waals surface area contributed by atoms with Crippen molar-refractivity contribution in [3.8, 4) is 22.5 Å². The third kappa shape index (κ3) is 4.72. The normalized spacial score (nSPS) is 17.5. The number of rotatable bonds is 5. The van der Waals surface area contributed by atoms with Crippen molar-refractivity contribution in [2.75, 3.05) is 0 Å². The number of para-hydroxylation sites is 2. The highest BCUT2D eigenvalue weighted by Gasteiger charge is 2.23. The Morgan fingerprint density at radius 1 is 0.718 bits per heavy atom. The predicted molar refractivity (Wildman–Crippen MR) is 153 cm³/mol. The standard InChI is InChI=1S/C32H28N6O/c39-32-37-28-14-13-24(16-29(28)38-32)22-9-5-20(6-10-22)15-21-7-11-23(12-8-21)30-31(25-17-33-19-34-18-25)36-27-4-2-1-3-26(27)35-30/h1-4,7-8,11-14,16-20,22H,5-6,9-10,15H2,(H2,37,38,39). The van der Waals surface area contributed by atoms with Crippen molar-refractivity contribution in [2.24, 2.45) is 5.92 Å². The zero-order valence-corrected chi connectivity index (χ0v) is 21.5. The van der Waals surface area contributed by atoms with Crippen LogP contribution in [0, 0.1) is 5.92 Å². The Labute approximate surface area is 225 Å². The van der Waals surface area contributed by atoms with Gasteiger partial charge in [0.05, 0.1) is 27.8 Å². The zero-order chi connectivity index (χ0) is 26.2. The minimum absolute atomic E-state index is 0.144. The lowest BCUT2D eigenvalue weighted by atomic mass is 9.76. The smallest absolute Gasteiger partial charge is 0.306 e. The van der Waals surface area contributed by atoms with E-state index in [4.69, 9.17) is 9.97 Å². The lowest BCUT2D eigenvalue weighted by molar-refractivity contribution is 0.324. The first-order valence-electron chi connectivity index (χ1n) is 13.5. The van der Waals surface area contributed by atoms with Crippen LogP contribution in [0.15, 0.2) is 90.2 Å². The van der Waals surface area contributed by atoms with Crippen LogP contribution >= 0.6 is 0 Å². The van der Waals surface area contributed by atoms with Crippen LogP contribution in [0.1, 0.15) is 42.7 Å². The number of hydrogen-bond donors (Lipinski definition) is 2. The van der Waals surface area contributed by atoms with Crippen LogP contribution in [0.2, 0.25) is 0 Å². The van der Waals surface area contributed by atoms with E-state index in [9.17, 15) is 4.79 Å². The van der Waals surface area contributed by atoms with Gasteiger partial charge >= 0.3 is 5.69 Å². The van der Waals surface area contributed by atoms with Gasteiger partial charge in [0.2, 0.25) is 0 Å². The first-order chi connectivity index (χ1) is 19.2. The fourth-order valence-electron chi connectivity index (χ4n) is 5.96. The molecule has 6 aromatic rings. The van der Waals surface area contributed by atoms with Crippen LogP contribution < -0.4 is 5.69 Å². The number of hydrogen-bond acceptors (Lipinski definition) is 5. The molecule has 192 valence electrons. The van der Waals surface area contributed by atoms with E-state index in [0.717, 1.165) is 51.0 Å². The fraction of sp³-hybridized carbons (Fsp3) is 0.219. The van der Waals surface area contributed by atoms with Gasteiger partial charge in [-0.25, -0.2) is 24.7 Å². The Balaban J connectivity index is 1.08. The van der Waals surface area contributed by atoms with Crippen LogP contribution in [-0.2, 0) is 6.42 Å². The summed E-state index contributed by atoms with van der Waals surface area (Å²) in [6.07, 6.45) is 11.0. The SMILES string of the molecule is O=c1[nH]c2ccc(C3CCC(Cc4ccc(-c5nc6ccccc6nc5-c5cncnc5)cc4)CC3)cc2[nH]1. The van der Waals surface area contributed by atoms with E-state index in [1.54, 1.807) is 12.4 Å². The topological polar surface area (TPSA) is 100 Å². The highest BCUT2D eigenvalue weighted by atomic mass is 16.1. The van der Waals surface area contributed by atoms with E-state index in [2.05, 4.69) is 56.3 Å². The summed E-state index contributed by atoms with van der Waals surface area (Å²) in [7, 11) is 0. The van der Waals surface area contributed by atoms with Gasteiger partial charge in [0.25, 0.3) is 0 Å². The third-order valence-corrected chi connectivity index (χ3v) is 8.01. The molecule has 0 aliphatic heterocycles. The summed E-state index contributed by atoms with van der Waals surface area (Å²) in [5.41, 5.74) is 9.58. The number of fused-ring (bicyclic) bond motifs is 2. The lowest BCUT2D eigenvalue weighted by Gasteiger charge is -2.29. The molecule has 0 saturated heterocycles. The maximum Gasteiger partial charge on any atom is 0.323 e. The summed E-state index contributed by atoms with van der Waals surface area (Å²) in [5.74, 6) is 1.23. The second-order valence-electron chi connectivity index (χ2n) is 10.5. The summed E-state index contributed by atoms with van der Waals surface area (Å²) in [6, 6.07) is 23.1. The molecular weight excluding hydrogens is 484 g/mol. The van der Waals surface area contributed by atoms with E-state index in [1.807, 2.05) is 30.3 Å². The number of aromatic amines is 2. The maximum absolute atomic E-state index is 11.6. The van der Waals surface area contributed by atoms with Crippen LogP contribution in [0.5, 0.6) is 0 Å². The summed E-state index contributed by atoms with van der Waals surface area (Å²) < 4.78 is 0. The molecule has 0 amide bonds. The Morgan fingerprint density at radius 2 is 1.38 bits per heavy atom. The van der Waals surface area contributed by atoms with Crippen molar-refractivity contribution in [1.29, 1.82) is 0 Å². The number of benzene rings is 3. The minimum atomic E-state index is -0.144. The third-order valence-electron chi connectivity index (χ3n) is 8.01. The van der Waals surface area contributed by atoms with Gasteiger partial charge in [0.15, 0.2) is 0 Å². The second-order valence-corrected chi connectivity index (χ2v) is 10.5. The quantitative estimate of drug-likeness (QED) is 0.277. The average molecular weight is 513 g/mol. The molecule has 7 heteroatoms. The Bertz CT molecular complexity index is 1820. The van der Waals surface area contributed by atoms with Crippen LogP contribution in [0.25, 0.3) is 44.6 Å². The molecule has 2 N–H and O–H groups in total. The second kappa shape index (κ2) is 9.91. The molecule has 7 rings (SSSR count). The molecule has 0 spiro atoms. The van der Waals surface area contributed by atoms with Crippen LogP contribution in [-0.4, -0.2) is 29.9 Å². The average Bonchev–Trinajstić information content (AvgIpc) is 3.37. The maximum atomic E-state index is 11.6. The molecule has 3 aromatic heterocycles. The van der Waals surface area contributed by atoms with Crippen molar-refractivity contribution < 1.29 is 0 Å². The largest absolute Gasteiger partial charge is 0.323 e. The first kappa shape index (κ1) is 23.5. The Kier molecular flexibility index (Phi) is 5.96.